The lowest BCUT2D eigenvalue weighted by Gasteiger charge is -2.15. The summed E-state index contributed by atoms with van der Waals surface area (Å²) in [6.07, 6.45) is 3.19. The van der Waals surface area contributed by atoms with E-state index in [9.17, 15) is 4.79 Å². The Balaban J connectivity index is 1.47. The van der Waals surface area contributed by atoms with E-state index >= 15 is 0 Å². The van der Waals surface area contributed by atoms with Gasteiger partial charge in [-0.1, -0.05) is 47.7 Å². The zero-order valence-corrected chi connectivity index (χ0v) is 16.9. The number of anilines is 2. The van der Waals surface area contributed by atoms with E-state index in [-0.39, 0.29) is 5.91 Å². The van der Waals surface area contributed by atoms with Crippen LogP contribution in [0.2, 0.25) is 0 Å². The molecule has 1 aliphatic rings. The van der Waals surface area contributed by atoms with Crippen molar-refractivity contribution in [1.29, 1.82) is 0 Å². The summed E-state index contributed by atoms with van der Waals surface area (Å²) < 4.78 is 1.90. The molecule has 3 heterocycles. The monoisotopic (exact) mass is 415 g/mol. The number of aryl methyl sites for hydroxylation is 1. The Kier molecular flexibility index (Phi) is 4.64. The first kappa shape index (κ1) is 18.3. The highest BCUT2D eigenvalue weighted by Gasteiger charge is 2.29. The molecule has 1 aliphatic heterocycles. The van der Waals surface area contributed by atoms with Gasteiger partial charge in [0.2, 0.25) is 5.91 Å². The zero-order valence-electron chi connectivity index (χ0n) is 16.1. The Hall–Kier alpha value is -3.72. The average molecular weight is 415 g/mol. The lowest BCUT2D eigenvalue weighted by atomic mass is 10.2. The molecule has 0 spiro atoms. The summed E-state index contributed by atoms with van der Waals surface area (Å²) in [4.78, 5) is 27.1. The van der Waals surface area contributed by atoms with Gasteiger partial charge < -0.3 is 0 Å². The van der Waals surface area contributed by atoms with Crippen LogP contribution in [0.25, 0.3) is 16.9 Å². The number of para-hydroxylation sites is 1. The molecule has 1 fully saturated rings. The van der Waals surface area contributed by atoms with Crippen LogP contribution in [0.15, 0.2) is 72.4 Å². The van der Waals surface area contributed by atoms with Gasteiger partial charge in [-0.3, -0.25) is 19.7 Å². The van der Waals surface area contributed by atoms with E-state index < -0.39 is 0 Å². The molecule has 8 nitrogen and oxygen atoms in total. The van der Waals surface area contributed by atoms with Crippen molar-refractivity contribution in [2.24, 2.45) is 5.10 Å². The summed E-state index contributed by atoms with van der Waals surface area (Å²) in [5, 5.41) is 5.01. The molecule has 5 rings (SSSR count). The third-order valence-electron chi connectivity index (χ3n) is 4.68. The van der Waals surface area contributed by atoms with Crippen LogP contribution in [0.1, 0.15) is 5.56 Å². The third kappa shape index (κ3) is 3.29. The smallest absolute Gasteiger partial charge is 0.243 e. The molecule has 0 aliphatic carbocycles. The maximum absolute atomic E-state index is 12.3. The lowest BCUT2D eigenvalue weighted by molar-refractivity contribution is -0.115. The van der Waals surface area contributed by atoms with Crippen molar-refractivity contribution < 1.29 is 4.79 Å². The first-order valence-corrected chi connectivity index (χ1v) is 10.3. The van der Waals surface area contributed by atoms with E-state index in [1.165, 1.54) is 23.7 Å². The molecule has 0 radical (unpaired) electrons. The fourth-order valence-electron chi connectivity index (χ4n) is 3.19. The van der Waals surface area contributed by atoms with E-state index in [0.29, 0.717) is 27.9 Å². The van der Waals surface area contributed by atoms with E-state index in [1.807, 2.05) is 66.1 Å². The number of fused-ring (bicyclic) bond motifs is 1. The highest BCUT2D eigenvalue weighted by atomic mass is 32.2. The minimum Gasteiger partial charge on any atom is -0.283 e. The number of carbonyl (C=O) groups excluding carboxylic acids is 1. The molecule has 0 bridgehead atoms. The molecule has 148 valence electrons. The minimum absolute atomic E-state index is 0.0109. The van der Waals surface area contributed by atoms with Gasteiger partial charge in [0.05, 0.1) is 11.4 Å². The van der Waals surface area contributed by atoms with E-state index in [1.54, 1.807) is 11.2 Å². The first-order valence-electron chi connectivity index (χ1n) is 9.30. The SMILES string of the molecule is Cc1ccc(-n2cnc3c(N/N=C4\SCC(=O)N4c4ccccc4)ncnc32)cc1. The molecule has 4 aromatic rings. The molecule has 0 saturated carbocycles. The van der Waals surface area contributed by atoms with Gasteiger partial charge in [-0.2, -0.15) is 0 Å². The van der Waals surface area contributed by atoms with Crippen LogP contribution in [0.5, 0.6) is 0 Å². The summed E-state index contributed by atoms with van der Waals surface area (Å²) in [5.74, 6) is 0.811. The standard InChI is InChI=1S/C21H17N7OS/c1-14-7-9-15(10-8-14)27-13-24-18-19(22-12-23-20(18)27)25-26-21-28(17(29)11-30-21)16-5-3-2-4-6-16/h2-10,12-13H,11H2,1H3,(H,22,23,25)/b26-21-. The predicted octanol–water partition coefficient (Wildman–Crippen LogP) is 3.59. The molecular formula is C21H17N7OS. The molecule has 30 heavy (non-hydrogen) atoms. The van der Waals surface area contributed by atoms with Gasteiger partial charge in [0.25, 0.3) is 0 Å². The van der Waals surface area contributed by atoms with Crippen LogP contribution in [0, 0.1) is 6.92 Å². The van der Waals surface area contributed by atoms with Crippen LogP contribution in [0.3, 0.4) is 0 Å². The average Bonchev–Trinajstić information content (AvgIpc) is 3.37. The number of amidine groups is 1. The van der Waals surface area contributed by atoms with Crippen molar-refractivity contribution in [3.8, 4) is 5.69 Å². The van der Waals surface area contributed by atoms with Crippen molar-refractivity contribution >= 4 is 45.5 Å². The number of nitrogens with zero attached hydrogens (tertiary/aromatic N) is 6. The molecule has 2 aromatic heterocycles. The molecule has 0 atom stereocenters. The van der Waals surface area contributed by atoms with Crippen molar-refractivity contribution in [2.75, 3.05) is 16.1 Å². The van der Waals surface area contributed by atoms with Gasteiger partial charge in [-0.25, -0.2) is 15.0 Å². The minimum atomic E-state index is -0.0109. The number of hydrogen-bond donors (Lipinski definition) is 1. The van der Waals surface area contributed by atoms with E-state index in [0.717, 1.165) is 11.4 Å². The van der Waals surface area contributed by atoms with Crippen LogP contribution < -0.4 is 10.3 Å². The number of benzene rings is 2. The van der Waals surface area contributed by atoms with Crippen molar-refractivity contribution in [1.82, 2.24) is 19.5 Å². The van der Waals surface area contributed by atoms with Crippen molar-refractivity contribution in [2.45, 2.75) is 6.92 Å². The van der Waals surface area contributed by atoms with Crippen molar-refractivity contribution in [3.05, 3.63) is 72.8 Å². The largest absolute Gasteiger partial charge is 0.283 e. The zero-order chi connectivity index (χ0) is 20.5. The highest BCUT2D eigenvalue weighted by Crippen LogP contribution is 2.27. The summed E-state index contributed by atoms with van der Waals surface area (Å²) >= 11 is 1.38. The second-order valence-corrected chi connectivity index (χ2v) is 7.65. The molecule has 1 N–H and O–H groups in total. The Morgan fingerprint density at radius 2 is 1.80 bits per heavy atom. The summed E-state index contributed by atoms with van der Waals surface area (Å²) in [6, 6.07) is 17.6. The number of aromatic nitrogens is 4. The number of hydrogen-bond acceptors (Lipinski definition) is 7. The predicted molar refractivity (Wildman–Crippen MR) is 119 cm³/mol. The molecule has 9 heteroatoms. The van der Waals surface area contributed by atoms with Gasteiger partial charge in [0.1, 0.15) is 12.7 Å². The Labute approximate surface area is 176 Å². The number of nitrogens with one attached hydrogen (secondary N) is 1. The van der Waals surface area contributed by atoms with E-state index in [2.05, 4.69) is 25.5 Å². The summed E-state index contributed by atoms with van der Waals surface area (Å²) in [6.45, 7) is 2.05. The number of carbonyl (C=O) groups is 1. The van der Waals surface area contributed by atoms with Crippen LogP contribution >= 0.6 is 11.8 Å². The molecule has 1 saturated heterocycles. The van der Waals surface area contributed by atoms with Crippen LogP contribution in [0.4, 0.5) is 11.5 Å². The lowest BCUT2D eigenvalue weighted by Crippen LogP contribution is -2.29. The number of amides is 1. The second-order valence-electron chi connectivity index (χ2n) is 6.70. The quantitative estimate of drug-likeness (QED) is 0.513. The number of thioether (sulfide) groups is 1. The molecular weight excluding hydrogens is 398 g/mol. The molecule has 0 unspecified atom stereocenters. The Morgan fingerprint density at radius 1 is 1.00 bits per heavy atom. The highest BCUT2D eigenvalue weighted by molar-refractivity contribution is 8.15. The van der Waals surface area contributed by atoms with Gasteiger partial charge in [-0.05, 0) is 31.2 Å². The summed E-state index contributed by atoms with van der Waals surface area (Å²) in [7, 11) is 0. The Morgan fingerprint density at radius 3 is 2.60 bits per heavy atom. The normalized spacial score (nSPS) is 15.3. The van der Waals surface area contributed by atoms with Crippen LogP contribution in [-0.4, -0.2) is 36.3 Å². The van der Waals surface area contributed by atoms with Gasteiger partial charge in [-0.15, -0.1) is 5.10 Å². The van der Waals surface area contributed by atoms with Crippen molar-refractivity contribution in [3.63, 3.8) is 0 Å². The second kappa shape index (κ2) is 7.60. The van der Waals surface area contributed by atoms with Crippen LogP contribution in [-0.2, 0) is 4.79 Å². The van der Waals surface area contributed by atoms with Gasteiger partial charge in [0.15, 0.2) is 22.1 Å². The van der Waals surface area contributed by atoms with Gasteiger partial charge >= 0.3 is 0 Å². The third-order valence-corrected chi connectivity index (χ3v) is 5.61. The fraction of sp³-hybridized carbons (Fsp3) is 0.0952. The number of rotatable bonds is 4. The molecule has 1 amide bonds. The molecule has 2 aromatic carbocycles. The fourth-order valence-corrected chi connectivity index (χ4v) is 4.02. The topological polar surface area (TPSA) is 88.3 Å². The van der Waals surface area contributed by atoms with E-state index in [4.69, 9.17) is 0 Å². The Bertz CT molecular complexity index is 1250. The van der Waals surface area contributed by atoms with Gasteiger partial charge in [0, 0.05) is 5.69 Å². The maximum Gasteiger partial charge on any atom is 0.243 e. The number of imidazole rings is 1. The number of hydrazone groups is 1. The first-order chi connectivity index (χ1) is 14.7. The maximum atomic E-state index is 12.3. The summed E-state index contributed by atoms with van der Waals surface area (Å²) in [5.41, 5.74) is 7.17.